The lowest BCUT2D eigenvalue weighted by molar-refractivity contribution is 0.0870. The predicted octanol–water partition coefficient (Wildman–Crippen LogP) is 6.32. The molecular formula is C41H82FN9. The summed E-state index contributed by atoms with van der Waals surface area (Å²) < 4.78 is 13.0. The first-order chi connectivity index (χ1) is 24.4. The molecule has 6 heterocycles. The van der Waals surface area contributed by atoms with Crippen LogP contribution in [0, 0.1) is 5.92 Å². The van der Waals surface area contributed by atoms with Gasteiger partial charge in [0.1, 0.15) is 11.5 Å². The second-order valence-electron chi connectivity index (χ2n) is 16.6. The number of piperazine rings is 2. The number of likely N-dealkylation sites (N-methyl/N-ethyl adjacent to an activating group) is 3. The van der Waals surface area contributed by atoms with Gasteiger partial charge >= 0.3 is 0 Å². The average molecular weight is 720 g/mol. The van der Waals surface area contributed by atoms with Crippen LogP contribution in [-0.2, 0) is 0 Å². The number of alkyl halides is 1. The van der Waals surface area contributed by atoms with Crippen molar-refractivity contribution in [1.29, 1.82) is 0 Å². The molecule has 298 valence electrons. The molecule has 1 aromatic heterocycles. The van der Waals surface area contributed by atoms with Crippen molar-refractivity contribution in [3.05, 3.63) is 18.6 Å². The van der Waals surface area contributed by atoms with Gasteiger partial charge in [-0.05, 0) is 120 Å². The van der Waals surface area contributed by atoms with Gasteiger partial charge in [-0.2, -0.15) is 0 Å². The Labute approximate surface area is 315 Å². The Morgan fingerprint density at radius 3 is 1.20 bits per heavy atom. The quantitative estimate of drug-likeness (QED) is 0.332. The van der Waals surface area contributed by atoms with Crippen molar-refractivity contribution in [2.24, 2.45) is 5.92 Å². The normalized spacial score (nSPS) is 24.4. The minimum Gasteiger partial charge on any atom is -0.353 e. The van der Waals surface area contributed by atoms with Crippen LogP contribution >= 0.6 is 0 Å². The molecule has 0 amide bonds. The minimum absolute atomic E-state index is 0.698. The van der Waals surface area contributed by atoms with Crippen molar-refractivity contribution >= 4 is 5.82 Å². The number of rotatable bonds is 1. The highest BCUT2D eigenvalue weighted by Crippen LogP contribution is 2.24. The zero-order valence-electron chi connectivity index (χ0n) is 34.8. The Balaban J connectivity index is 0.000000216. The van der Waals surface area contributed by atoms with Gasteiger partial charge in [0.25, 0.3) is 0 Å². The maximum atomic E-state index is 13.0. The maximum absolute atomic E-state index is 13.0. The topological polar surface area (TPSA) is 48.5 Å². The standard InChI is InChI=1S/C9H14N4.C7H14FN.C7H14.C6H14N2.2C6H13N/c1-12-4-6-13(7-5-12)9-8-10-2-3-11-9;1-7(8)3-5-9(2)6-4-7;1-7-5-3-2-4-6-7;1-7-3-5-8(2)6-4-7;2*1-7-5-3-2-4-6-7/h2-3,8H,4-7H2,1H3;3-6H2,1-2H3;7H,2-6H2,1H3;3-6H2,1-2H3;2*2-6H2,1H3. The van der Waals surface area contributed by atoms with Crippen LogP contribution in [0.3, 0.4) is 0 Å². The van der Waals surface area contributed by atoms with E-state index in [9.17, 15) is 4.39 Å². The highest BCUT2D eigenvalue weighted by molar-refractivity contribution is 5.35. The Bertz CT molecular complexity index is 862. The van der Waals surface area contributed by atoms with Crippen molar-refractivity contribution in [2.75, 3.05) is 139 Å². The molecule has 0 radical (unpaired) electrons. The van der Waals surface area contributed by atoms with Crippen molar-refractivity contribution in [1.82, 2.24) is 39.4 Å². The lowest BCUT2D eigenvalue weighted by Gasteiger charge is -2.32. The monoisotopic (exact) mass is 720 g/mol. The summed E-state index contributed by atoms with van der Waals surface area (Å²) in [6.45, 7) is 20.4. The van der Waals surface area contributed by atoms with Gasteiger partial charge in [-0.1, -0.05) is 51.9 Å². The third-order valence-electron chi connectivity index (χ3n) is 11.2. The van der Waals surface area contributed by atoms with Crippen LogP contribution in [0.1, 0.15) is 97.3 Å². The minimum atomic E-state index is -0.882. The molecular weight excluding hydrogens is 638 g/mol. The summed E-state index contributed by atoms with van der Waals surface area (Å²) in [5.74, 6) is 2.03. The van der Waals surface area contributed by atoms with Crippen LogP contribution in [0.5, 0.6) is 0 Å². The molecule has 0 unspecified atom stereocenters. The zero-order valence-corrected chi connectivity index (χ0v) is 34.8. The lowest BCUT2D eigenvalue weighted by Crippen LogP contribution is -2.44. The van der Waals surface area contributed by atoms with Gasteiger partial charge in [0.15, 0.2) is 0 Å². The number of hydrogen-bond donors (Lipinski definition) is 0. The predicted molar refractivity (Wildman–Crippen MR) is 218 cm³/mol. The van der Waals surface area contributed by atoms with E-state index in [1.165, 1.54) is 123 Å². The van der Waals surface area contributed by atoms with Crippen molar-refractivity contribution in [3.8, 4) is 0 Å². The summed E-state index contributed by atoms with van der Waals surface area (Å²) in [7, 11) is 12.9. The van der Waals surface area contributed by atoms with E-state index in [1.807, 2.05) is 13.2 Å². The first-order valence-corrected chi connectivity index (χ1v) is 20.7. The molecule has 6 aliphatic rings. The number of halogens is 1. The molecule has 1 saturated carbocycles. The summed E-state index contributed by atoms with van der Waals surface area (Å²) in [4.78, 5) is 24.6. The van der Waals surface area contributed by atoms with E-state index in [0.717, 1.165) is 51.0 Å². The van der Waals surface area contributed by atoms with Crippen LogP contribution < -0.4 is 4.90 Å². The number of nitrogens with zero attached hydrogens (tertiary/aromatic N) is 9. The third-order valence-corrected chi connectivity index (χ3v) is 11.2. The van der Waals surface area contributed by atoms with Crippen molar-refractivity contribution in [2.45, 2.75) is 103 Å². The van der Waals surface area contributed by atoms with E-state index >= 15 is 0 Å². The Morgan fingerprint density at radius 2 is 0.882 bits per heavy atom. The summed E-state index contributed by atoms with van der Waals surface area (Å²) in [5, 5.41) is 0. The van der Waals surface area contributed by atoms with Gasteiger partial charge in [-0.25, -0.2) is 9.37 Å². The molecule has 51 heavy (non-hydrogen) atoms. The molecule has 0 spiro atoms. The van der Waals surface area contributed by atoms with Gasteiger partial charge in [0.05, 0.1) is 6.20 Å². The summed E-state index contributed by atoms with van der Waals surface area (Å²) >= 11 is 0. The van der Waals surface area contributed by atoms with Crippen LogP contribution in [0.15, 0.2) is 18.6 Å². The number of likely N-dealkylation sites (tertiary alicyclic amines) is 3. The fraction of sp³-hybridized carbons (Fsp3) is 0.902. The van der Waals surface area contributed by atoms with Crippen molar-refractivity contribution in [3.63, 3.8) is 0 Å². The largest absolute Gasteiger partial charge is 0.353 e. The van der Waals surface area contributed by atoms with E-state index in [2.05, 4.69) is 86.4 Å². The molecule has 0 aromatic carbocycles. The number of piperidine rings is 3. The first kappa shape index (κ1) is 45.7. The van der Waals surface area contributed by atoms with E-state index in [1.54, 1.807) is 19.3 Å². The SMILES string of the molecule is CC1CCCCC1.CN1CCC(C)(F)CC1.CN1CCCCC1.CN1CCCCC1.CN1CCN(C)CC1.CN1CCN(c2cnccn2)CC1. The molecule has 5 saturated heterocycles. The van der Waals surface area contributed by atoms with E-state index in [-0.39, 0.29) is 0 Å². The second kappa shape index (κ2) is 27.2. The van der Waals surface area contributed by atoms with E-state index in [4.69, 9.17) is 0 Å². The molecule has 0 atom stereocenters. The lowest BCUT2D eigenvalue weighted by atomic mass is 9.91. The van der Waals surface area contributed by atoms with Gasteiger partial charge in [-0.15, -0.1) is 0 Å². The Kier molecular flexibility index (Phi) is 24.4. The van der Waals surface area contributed by atoms with E-state index in [0.29, 0.717) is 12.8 Å². The van der Waals surface area contributed by atoms with E-state index < -0.39 is 5.67 Å². The maximum Gasteiger partial charge on any atom is 0.147 e. The smallest absolute Gasteiger partial charge is 0.147 e. The fourth-order valence-electron chi connectivity index (χ4n) is 6.89. The van der Waals surface area contributed by atoms with Crippen molar-refractivity contribution < 1.29 is 4.39 Å². The number of aromatic nitrogens is 2. The average Bonchev–Trinajstić information content (AvgIpc) is 3.14. The zero-order chi connectivity index (χ0) is 37.3. The Morgan fingerprint density at radius 1 is 0.510 bits per heavy atom. The first-order valence-electron chi connectivity index (χ1n) is 20.7. The highest BCUT2D eigenvalue weighted by atomic mass is 19.1. The van der Waals surface area contributed by atoms with Crippen LogP contribution in [0.2, 0.25) is 0 Å². The molecule has 1 aromatic rings. The molecule has 6 fully saturated rings. The molecule has 7 rings (SSSR count). The summed E-state index contributed by atoms with van der Waals surface area (Å²) in [6.07, 6.45) is 22.7. The van der Waals surface area contributed by atoms with Gasteiger partial charge < -0.3 is 34.3 Å². The molecule has 0 N–H and O–H groups in total. The molecule has 9 nitrogen and oxygen atoms in total. The molecule has 1 aliphatic carbocycles. The number of anilines is 1. The fourth-order valence-corrected chi connectivity index (χ4v) is 6.89. The summed E-state index contributed by atoms with van der Waals surface area (Å²) in [6, 6.07) is 0. The second-order valence-corrected chi connectivity index (χ2v) is 16.6. The van der Waals surface area contributed by atoms with Crippen LogP contribution in [-0.4, -0.2) is 179 Å². The number of hydrogen-bond acceptors (Lipinski definition) is 9. The van der Waals surface area contributed by atoms with Crippen LogP contribution in [0.25, 0.3) is 0 Å². The van der Waals surface area contributed by atoms with Gasteiger partial charge in [0, 0.05) is 77.8 Å². The summed E-state index contributed by atoms with van der Waals surface area (Å²) in [5.41, 5.74) is -0.882. The van der Waals surface area contributed by atoms with Crippen LogP contribution in [0.4, 0.5) is 10.2 Å². The third kappa shape index (κ3) is 23.8. The van der Waals surface area contributed by atoms with Gasteiger partial charge in [0.2, 0.25) is 0 Å². The Hall–Kier alpha value is -1.43. The molecule has 5 aliphatic heterocycles. The van der Waals surface area contributed by atoms with Gasteiger partial charge in [-0.3, -0.25) is 4.98 Å². The molecule has 10 heteroatoms. The highest BCUT2D eigenvalue weighted by Gasteiger charge is 2.27. The molecule has 0 bridgehead atoms.